The predicted octanol–water partition coefficient (Wildman–Crippen LogP) is 9.55. The second kappa shape index (κ2) is 22.4. The van der Waals surface area contributed by atoms with Crippen molar-refractivity contribution in [2.45, 2.75) is 64.0 Å². The number of hydrogen-bond donors (Lipinski definition) is 1. The van der Waals surface area contributed by atoms with Gasteiger partial charge in [-0.3, -0.25) is 19.4 Å². The average Bonchev–Trinajstić information content (AvgIpc) is 3.86. The number of nitrogens with zero attached hydrogens (tertiary/aromatic N) is 6. The number of hydrogen-bond acceptors (Lipinski definition) is 9. The minimum atomic E-state index is -5.05. The molecule has 14 nitrogen and oxygen atoms in total. The van der Waals surface area contributed by atoms with E-state index in [0.717, 1.165) is 49.7 Å². The van der Waals surface area contributed by atoms with Crippen LogP contribution in [0.4, 0.5) is 47.3 Å². The van der Waals surface area contributed by atoms with E-state index in [9.17, 15) is 45.5 Å². The van der Waals surface area contributed by atoms with E-state index in [1.165, 1.54) is 12.1 Å². The van der Waals surface area contributed by atoms with E-state index in [2.05, 4.69) is 10.2 Å². The number of rotatable bonds is 12. The maximum atomic E-state index is 13.4. The van der Waals surface area contributed by atoms with E-state index in [4.69, 9.17) is 13.9 Å². The minimum absolute atomic E-state index is 0.0984. The van der Waals surface area contributed by atoms with Crippen LogP contribution in [0.2, 0.25) is 0 Å². The van der Waals surface area contributed by atoms with Crippen molar-refractivity contribution in [1.29, 1.82) is 0 Å². The Morgan fingerprint density at radius 1 is 0.642 bits per heavy atom. The van der Waals surface area contributed by atoms with Gasteiger partial charge in [0.15, 0.2) is 5.78 Å². The molecule has 356 valence electrons. The molecule has 2 aliphatic heterocycles. The summed E-state index contributed by atoms with van der Waals surface area (Å²) in [5, 5.41) is 8.10. The fourth-order valence-corrected chi connectivity index (χ4v) is 7.34. The third-order valence-electron chi connectivity index (χ3n) is 10.9. The number of ether oxygens (including phenoxy) is 2. The van der Waals surface area contributed by atoms with E-state index < -0.39 is 36.5 Å². The Balaban J connectivity index is 0.000000221. The second-order valence-corrected chi connectivity index (χ2v) is 15.6. The van der Waals surface area contributed by atoms with Crippen LogP contribution in [0.3, 0.4) is 0 Å². The van der Waals surface area contributed by atoms with Crippen LogP contribution in [0.15, 0.2) is 101 Å². The molecule has 2 fully saturated rings. The summed E-state index contributed by atoms with van der Waals surface area (Å²) in [5.74, 6) is -3.19. The normalized spacial score (nSPS) is 14.0. The summed E-state index contributed by atoms with van der Waals surface area (Å²) >= 11 is 0. The maximum absolute atomic E-state index is 13.4. The zero-order valence-corrected chi connectivity index (χ0v) is 36.7. The van der Waals surface area contributed by atoms with Gasteiger partial charge in [-0.15, -0.1) is 10.2 Å². The number of ketones is 1. The molecule has 5 amide bonds. The molecule has 3 heterocycles. The predicted molar refractivity (Wildman–Crippen MR) is 235 cm³/mol. The van der Waals surface area contributed by atoms with Gasteiger partial charge >= 0.3 is 36.2 Å². The highest BCUT2D eigenvalue weighted by molar-refractivity contribution is 6.00. The van der Waals surface area contributed by atoms with Crippen molar-refractivity contribution in [3.63, 3.8) is 0 Å². The van der Waals surface area contributed by atoms with Gasteiger partial charge in [-0.2, -0.15) is 26.3 Å². The molecule has 0 aliphatic carbocycles. The van der Waals surface area contributed by atoms with E-state index >= 15 is 0 Å². The van der Waals surface area contributed by atoms with Gasteiger partial charge in [0.2, 0.25) is 5.89 Å². The minimum Gasteiger partial charge on any atom is -0.497 e. The number of anilines is 2. The Labute approximate surface area is 382 Å². The Hall–Kier alpha value is -7.12. The topological polar surface area (TPSA) is 151 Å². The Morgan fingerprint density at radius 2 is 1.10 bits per heavy atom. The first-order valence-corrected chi connectivity index (χ1v) is 21.4. The van der Waals surface area contributed by atoms with E-state index in [1.54, 1.807) is 96.1 Å². The van der Waals surface area contributed by atoms with Crippen molar-refractivity contribution >= 4 is 35.1 Å². The molecule has 0 radical (unpaired) electrons. The van der Waals surface area contributed by atoms with Crippen LogP contribution in [-0.4, -0.2) is 96.9 Å². The summed E-state index contributed by atoms with van der Waals surface area (Å²) in [6.45, 7) is 2.50. The molecule has 0 bridgehead atoms. The highest BCUT2D eigenvalue weighted by atomic mass is 19.4. The molecule has 4 aromatic carbocycles. The van der Waals surface area contributed by atoms with Crippen LogP contribution < -0.4 is 24.6 Å². The highest BCUT2D eigenvalue weighted by Gasteiger charge is 2.39. The number of carbonyl (C=O) groups excluding carboxylic acids is 4. The second-order valence-electron chi connectivity index (χ2n) is 15.6. The number of nitrogens with one attached hydrogen (secondary N) is 1. The number of halogens is 6. The molecule has 0 unspecified atom stereocenters. The number of urea groups is 2. The van der Waals surface area contributed by atoms with Gasteiger partial charge in [0.25, 0.3) is 0 Å². The first-order valence-electron chi connectivity index (χ1n) is 21.4. The number of piperidine rings is 2. The van der Waals surface area contributed by atoms with E-state index in [-0.39, 0.29) is 36.6 Å². The van der Waals surface area contributed by atoms with Crippen molar-refractivity contribution in [1.82, 2.24) is 25.3 Å². The lowest BCUT2D eigenvalue weighted by molar-refractivity contribution is -0.173. The van der Waals surface area contributed by atoms with Gasteiger partial charge < -0.3 is 29.0 Å². The summed E-state index contributed by atoms with van der Waals surface area (Å²) in [7, 11) is 3.11. The first-order chi connectivity index (χ1) is 32.0. The van der Waals surface area contributed by atoms with Gasteiger partial charge in [-0.05, 0) is 86.1 Å². The lowest BCUT2D eigenvalue weighted by Crippen LogP contribution is -2.45. The van der Waals surface area contributed by atoms with Crippen LogP contribution >= 0.6 is 0 Å². The third-order valence-corrected chi connectivity index (χ3v) is 10.9. The van der Waals surface area contributed by atoms with Crippen molar-refractivity contribution in [2.75, 3.05) is 56.7 Å². The third kappa shape index (κ3) is 13.5. The number of Topliss-reactive ketones (excluding diaryl/α,β-unsaturated/α-hetero) is 1. The number of aromatic nitrogens is 2. The van der Waals surface area contributed by atoms with Crippen molar-refractivity contribution < 1.29 is 59.4 Å². The zero-order valence-electron chi connectivity index (χ0n) is 36.7. The number of amides is 5. The molecule has 1 aromatic heterocycles. The van der Waals surface area contributed by atoms with Crippen LogP contribution in [-0.2, 0) is 24.1 Å². The summed E-state index contributed by atoms with van der Waals surface area (Å²) in [6, 6.07) is 27.0. The standard InChI is InChI=1S/C24H26F3N3O4.C23H23F3N4O3/c1-34-20-7-5-6-19(14-20)30(23(33)29-12-3-2-4-13-29)16-17-8-10-18(11-9-17)21(31)15-28-22(32)24(25,26)27;1-32-19-7-5-6-18(14-19)30(22(31)29-12-3-2-4-13-29)15-16-8-10-17(11-9-16)20-27-28-21(33-20)23(24,25)26/h5-11,14H,2-4,12-13,15-16H2,1H3,(H,28,32);5-11,14H,2-4,12-13,15H2,1H3. The number of alkyl halides is 6. The van der Waals surface area contributed by atoms with Crippen LogP contribution in [0.25, 0.3) is 11.5 Å². The Kier molecular flexibility index (Phi) is 16.5. The van der Waals surface area contributed by atoms with Gasteiger partial charge in [-0.1, -0.05) is 48.5 Å². The number of likely N-dealkylation sites (tertiary alicyclic amines) is 2. The smallest absolute Gasteiger partial charge is 0.471 e. The van der Waals surface area contributed by atoms with Crippen molar-refractivity contribution in [3.8, 4) is 23.0 Å². The lowest BCUT2D eigenvalue weighted by atomic mass is 10.1. The fourth-order valence-electron chi connectivity index (χ4n) is 7.34. The summed E-state index contributed by atoms with van der Waals surface area (Å²) in [6.07, 6.45) is -3.73. The maximum Gasteiger partial charge on any atom is 0.471 e. The molecule has 1 N–H and O–H groups in total. The van der Waals surface area contributed by atoms with E-state index in [0.29, 0.717) is 54.6 Å². The molecule has 0 atom stereocenters. The fraction of sp³-hybridized carbons (Fsp3) is 0.362. The first kappa shape index (κ1) is 49.3. The quantitative estimate of drug-likeness (QED) is 0.0953. The molecule has 0 spiro atoms. The molecule has 5 aromatic rings. The molecule has 2 saturated heterocycles. The molecular weight excluding hydrogens is 889 g/mol. The average molecular weight is 938 g/mol. The molecule has 0 saturated carbocycles. The zero-order chi connectivity index (χ0) is 48.1. The monoisotopic (exact) mass is 937 g/mol. The van der Waals surface area contributed by atoms with Crippen LogP contribution in [0.5, 0.6) is 11.5 Å². The summed E-state index contributed by atoms with van der Waals surface area (Å²) in [5.41, 5.74) is 3.38. The Bertz CT molecular complexity index is 2450. The molecular formula is C47H49F6N7O7. The van der Waals surface area contributed by atoms with Gasteiger partial charge in [-0.25, -0.2) is 9.59 Å². The summed E-state index contributed by atoms with van der Waals surface area (Å²) < 4.78 is 90.4. The Morgan fingerprint density at radius 3 is 1.52 bits per heavy atom. The molecule has 7 rings (SSSR count). The van der Waals surface area contributed by atoms with Crippen molar-refractivity contribution in [2.24, 2.45) is 0 Å². The number of carbonyl (C=O) groups is 4. The SMILES string of the molecule is COc1cccc(N(Cc2ccc(-c3nnc(C(F)(F)F)o3)cc2)C(=O)N2CCCCC2)c1.COc1cccc(N(Cc2ccc(C(=O)CNC(=O)C(F)(F)F)cc2)C(=O)N2CCCCC2)c1. The van der Waals surface area contributed by atoms with Gasteiger partial charge in [0.1, 0.15) is 11.5 Å². The van der Waals surface area contributed by atoms with Crippen molar-refractivity contribution in [3.05, 3.63) is 120 Å². The number of methoxy groups -OCH3 is 2. The van der Waals surface area contributed by atoms with Gasteiger partial charge in [0.05, 0.1) is 33.9 Å². The summed E-state index contributed by atoms with van der Waals surface area (Å²) in [4.78, 5) is 56.7. The van der Waals surface area contributed by atoms with E-state index in [1.807, 2.05) is 28.0 Å². The molecule has 2 aliphatic rings. The molecule has 20 heteroatoms. The number of benzene rings is 4. The largest absolute Gasteiger partial charge is 0.497 e. The van der Waals surface area contributed by atoms with Crippen LogP contribution in [0, 0.1) is 0 Å². The van der Waals surface area contributed by atoms with Crippen LogP contribution in [0.1, 0.15) is 65.9 Å². The molecule has 67 heavy (non-hydrogen) atoms. The van der Waals surface area contributed by atoms with Gasteiger partial charge in [0, 0.05) is 60.8 Å². The highest BCUT2D eigenvalue weighted by Crippen LogP contribution is 2.31. The lowest BCUT2D eigenvalue weighted by Gasteiger charge is -2.33.